The maximum Gasteiger partial charge on any atom is 0.227 e. The third kappa shape index (κ3) is 4.91. The Morgan fingerprint density at radius 2 is 1.77 bits per heavy atom. The summed E-state index contributed by atoms with van der Waals surface area (Å²) in [5.41, 5.74) is 1.84. The lowest BCUT2D eigenvalue weighted by Crippen LogP contribution is -2.45. The molecule has 0 spiro atoms. The van der Waals surface area contributed by atoms with E-state index in [1.54, 1.807) is 17.0 Å². The van der Waals surface area contributed by atoms with Gasteiger partial charge in [0.1, 0.15) is 5.82 Å². The Bertz CT molecular complexity index is 746. The average Bonchev–Trinajstić information content (AvgIpc) is 2.68. The molecule has 2 amide bonds. The predicted octanol–water partition coefficient (Wildman–Crippen LogP) is 2.92. The van der Waals surface area contributed by atoms with Crippen molar-refractivity contribution in [3.63, 3.8) is 0 Å². The Hall–Kier alpha value is -2.69. The highest BCUT2D eigenvalue weighted by Crippen LogP contribution is 2.18. The van der Waals surface area contributed by atoms with Crippen LogP contribution in [0.1, 0.15) is 24.0 Å². The summed E-state index contributed by atoms with van der Waals surface area (Å²) in [4.78, 5) is 26.7. The van der Waals surface area contributed by atoms with Crippen molar-refractivity contribution in [2.75, 3.05) is 13.1 Å². The number of nitrogens with zero attached hydrogens (tertiary/aromatic N) is 1. The van der Waals surface area contributed by atoms with Gasteiger partial charge in [0, 0.05) is 19.6 Å². The van der Waals surface area contributed by atoms with Gasteiger partial charge in [0.25, 0.3) is 0 Å². The van der Waals surface area contributed by atoms with E-state index in [1.165, 1.54) is 12.1 Å². The molecule has 1 unspecified atom stereocenters. The van der Waals surface area contributed by atoms with E-state index < -0.39 is 0 Å². The van der Waals surface area contributed by atoms with Crippen LogP contribution in [0.2, 0.25) is 0 Å². The molecular formula is C21H23FN2O2. The zero-order valence-corrected chi connectivity index (χ0v) is 14.7. The van der Waals surface area contributed by atoms with Gasteiger partial charge in [0.05, 0.1) is 12.3 Å². The molecule has 0 aromatic heterocycles. The summed E-state index contributed by atoms with van der Waals surface area (Å²) >= 11 is 0. The Labute approximate surface area is 153 Å². The summed E-state index contributed by atoms with van der Waals surface area (Å²) in [5, 5.41) is 2.90. The highest BCUT2D eigenvalue weighted by Gasteiger charge is 2.28. The van der Waals surface area contributed by atoms with Gasteiger partial charge in [-0.25, -0.2) is 4.39 Å². The zero-order valence-electron chi connectivity index (χ0n) is 14.7. The van der Waals surface area contributed by atoms with E-state index in [9.17, 15) is 14.0 Å². The first-order valence-electron chi connectivity index (χ1n) is 8.95. The lowest BCUT2D eigenvalue weighted by molar-refractivity contribution is -0.135. The molecule has 1 N–H and O–H groups in total. The van der Waals surface area contributed by atoms with E-state index >= 15 is 0 Å². The molecule has 1 aliphatic heterocycles. The molecule has 0 aliphatic carbocycles. The third-order valence-corrected chi connectivity index (χ3v) is 4.72. The molecule has 0 saturated carbocycles. The van der Waals surface area contributed by atoms with Crippen LogP contribution in [-0.4, -0.2) is 29.8 Å². The number of carbonyl (C=O) groups excluding carboxylic acids is 2. The van der Waals surface area contributed by atoms with Crippen LogP contribution in [0.4, 0.5) is 4.39 Å². The highest BCUT2D eigenvalue weighted by molar-refractivity contribution is 5.82. The number of rotatable bonds is 5. The molecule has 1 saturated heterocycles. The SMILES string of the molecule is O=C(NCc1ccc(F)cc1)C1CCCN(C(=O)Cc2ccccc2)C1. The Morgan fingerprint density at radius 3 is 2.50 bits per heavy atom. The number of piperidine rings is 1. The summed E-state index contributed by atoms with van der Waals surface area (Å²) < 4.78 is 12.9. The van der Waals surface area contributed by atoms with Gasteiger partial charge in [-0.05, 0) is 36.1 Å². The van der Waals surface area contributed by atoms with E-state index in [2.05, 4.69) is 5.32 Å². The standard InChI is InChI=1S/C21H23FN2O2/c22-19-10-8-17(9-11-19)14-23-21(26)18-7-4-12-24(15-18)20(25)13-16-5-2-1-3-6-16/h1-3,5-6,8-11,18H,4,7,12-15H2,(H,23,26). The number of amides is 2. The third-order valence-electron chi connectivity index (χ3n) is 4.72. The highest BCUT2D eigenvalue weighted by atomic mass is 19.1. The monoisotopic (exact) mass is 354 g/mol. The molecule has 1 heterocycles. The molecule has 0 radical (unpaired) electrons. The molecule has 1 atom stereocenters. The normalized spacial score (nSPS) is 17.0. The molecule has 5 heteroatoms. The molecule has 1 fully saturated rings. The topological polar surface area (TPSA) is 49.4 Å². The smallest absolute Gasteiger partial charge is 0.227 e. The molecule has 26 heavy (non-hydrogen) atoms. The molecular weight excluding hydrogens is 331 g/mol. The zero-order chi connectivity index (χ0) is 18.4. The molecule has 2 aromatic carbocycles. The van der Waals surface area contributed by atoms with E-state index in [-0.39, 0.29) is 23.5 Å². The van der Waals surface area contributed by atoms with Gasteiger partial charge >= 0.3 is 0 Å². The summed E-state index contributed by atoms with van der Waals surface area (Å²) in [6.45, 7) is 1.53. The van der Waals surface area contributed by atoms with Gasteiger partial charge in [-0.3, -0.25) is 9.59 Å². The van der Waals surface area contributed by atoms with Crippen LogP contribution in [0.5, 0.6) is 0 Å². The largest absolute Gasteiger partial charge is 0.352 e. The van der Waals surface area contributed by atoms with Gasteiger partial charge in [-0.1, -0.05) is 42.5 Å². The lowest BCUT2D eigenvalue weighted by Gasteiger charge is -2.32. The number of benzene rings is 2. The summed E-state index contributed by atoms with van der Waals surface area (Å²) in [7, 11) is 0. The first-order valence-corrected chi connectivity index (χ1v) is 8.95. The fraction of sp³-hybridized carbons (Fsp3) is 0.333. The second-order valence-corrected chi connectivity index (χ2v) is 6.69. The molecule has 2 aromatic rings. The van der Waals surface area contributed by atoms with Crippen LogP contribution >= 0.6 is 0 Å². The molecule has 3 rings (SSSR count). The summed E-state index contributed by atoms with van der Waals surface area (Å²) in [5.74, 6) is -0.470. The number of halogens is 1. The maximum atomic E-state index is 12.9. The van der Waals surface area contributed by atoms with E-state index in [4.69, 9.17) is 0 Å². The van der Waals surface area contributed by atoms with Crippen LogP contribution < -0.4 is 5.32 Å². The molecule has 0 bridgehead atoms. The lowest BCUT2D eigenvalue weighted by atomic mass is 9.96. The summed E-state index contributed by atoms with van der Waals surface area (Å²) in [6, 6.07) is 15.7. The van der Waals surface area contributed by atoms with Crippen molar-refractivity contribution in [1.29, 1.82) is 0 Å². The van der Waals surface area contributed by atoms with Crippen molar-refractivity contribution in [1.82, 2.24) is 10.2 Å². The number of hydrogen-bond donors (Lipinski definition) is 1. The minimum absolute atomic E-state index is 0.0495. The van der Waals surface area contributed by atoms with Crippen molar-refractivity contribution in [2.45, 2.75) is 25.8 Å². The molecule has 1 aliphatic rings. The Kier molecular flexibility index (Phi) is 6.00. The quantitative estimate of drug-likeness (QED) is 0.898. The van der Waals surface area contributed by atoms with Crippen LogP contribution in [0.3, 0.4) is 0 Å². The molecule has 4 nitrogen and oxygen atoms in total. The maximum absolute atomic E-state index is 12.9. The first kappa shape index (κ1) is 18.1. The van der Waals surface area contributed by atoms with E-state index in [0.29, 0.717) is 26.1 Å². The van der Waals surface area contributed by atoms with Gasteiger partial charge in [0.2, 0.25) is 11.8 Å². The summed E-state index contributed by atoms with van der Waals surface area (Å²) in [6.07, 6.45) is 1.98. The second kappa shape index (κ2) is 8.61. The predicted molar refractivity (Wildman–Crippen MR) is 97.7 cm³/mol. The number of likely N-dealkylation sites (tertiary alicyclic amines) is 1. The number of hydrogen-bond acceptors (Lipinski definition) is 2. The Morgan fingerprint density at radius 1 is 1.04 bits per heavy atom. The van der Waals surface area contributed by atoms with Crippen molar-refractivity contribution < 1.29 is 14.0 Å². The van der Waals surface area contributed by atoms with Crippen LogP contribution in [0.25, 0.3) is 0 Å². The fourth-order valence-corrected chi connectivity index (χ4v) is 3.24. The van der Waals surface area contributed by atoms with Crippen molar-refractivity contribution in [3.05, 3.63) is 71.5 Å². The Balaban J connectivity index is 1.51. The first-order chi connectivity index (χ1) is 12.6. The van der Waals surface area contributed by atoms with Gasteiger partial charge < -0.3 is 10.2 Å². The average molecular weight is 354 g/mol. The number of carbonyl (C=O) groups is 2. The minimum atomic E-state index is -0.292. The van der Waals surface area contributed by atoms with Crippen molar-refractivity contribution >= 4 is 11.8 Å². The minimum Gasteiger partial charge on any atom is -0.352 e. The fourth-order valence-electron chi connectivity index (χ4n) is 3.24. The van der Waals surface area contributed by atoms with Gasteiger partial charge in [-0.2, -0.15) is 0 Å². The van der Waals surface area contributed by atoms with Gasteiger partial charge in [0.15, 0.2) is 0 Å². The number of nitrogens with one attached hydrogen (secondary N) is 1. The second-order valence-electron chi connectivity index (χ2n) is 6.69. The van der Waals surface area contributed by atoms with Crippen molar-refractivity contribution in [2.24, 2.45) is 5.92 Å². The van der Waals surface area contributed by atoms with Crippen LogP contribution in [0, 0.1) is 11.7 Å². The van der Waals surface area contributed by atoms with Crippen LogP contribution in [0.15, 0.2) is 54.6 Å². The van der Waals surface area contributed by atoms with Crippen molar-refractivity contribution in [3.8, 4) is 0 Å². The van der Waals surface area contributed by atoms with Gasteiger partial charge in [-0.15, -0.1) is 0 Å². The van der Waals surface area contributed by atoms with Crippen LogP contribution in [-0.2, 0) is 22.6 Å². The molecule has 136 valence electrons. The van der Waals surface area contributed by atoms with E-state index in [0.717, 1.165) is 24.0 Å². The van der Waals surface area contributed by atoms with E-state index in [1.807, 2.05) is 30.3 Å².